The van der Waals surface area contributed by atoms with Crippen molar-refractivity contribution < 1.29 is 9.47 Å². The molecule has 0 aliphatic heterocycles. The van der Waals surface area contributed by atoms with E-state index >= 15 is 0 Å². The van der Waals surface area contributed by atoms with Crippen LogP contribution in [0.4, 0.5) is 0 Å². The Bertz CT molecular complexity index is 1180. The number of methoxy groups -OCH3 is 1. The van der Waals surface area contributed by atoms with Gasteiger partial charge < -0.3 is 9.47 Å². The lowest BCUT2D eigenvalue weighted by Gasteiger charge is -2.21. The fourth-order valence-electron chi connectivity index (χ4n) is 2.95. The molecule has 3 rings (SSSR count). The number of aromatic nitrogens is 2. The lowest BCUT2D eigenvalue weighted by atomic mass is 9.95. The lowest BCUT2D eigenvalue weighted by molar-refractivity contribution is 0.326. The van der Waals surface area contributed by atoms with Gasteiger partial charge in [-0.25, -0.2) is 4.98 Å². The average Bonchev–Trinajstić information content (AvgIpc) is 2.71. The van der Waals surface area contributed by atoms with E-state index in [1.54, 1.807) is 31.5 Å². The summed E-state index contributed by atoms with van der Waals surface area (Å²) in [4.78, 5) is 18.0. The fourth-order valence-corrected chi connectivity index (χ4v) is 3.31. The van der Waals surface area contributed by atoms with E-state index in [1.165, 1.54) is 4.68 Å². The van der Waals surface area contributed by atoms with E-state index in [9.17, 15) is 4.79 Å². The molecule has 6 nitrogen and oxygen atoms in total. The SMILES string of the molecule is C=CCOc1c(C=Nn2c(C(C)(C)C)nc3ccc(Br)cc3c2=O)cccc1OC. The molecule has 0 unspecified atom stereocenters. The first-order chi connectivity index (χ1) is 14.3. The van der Waals surface area contributed by atoms with Crippen LogP contribution in [0.25, 0.3) is 10.9 Å². The van der Waals surface area contributed by atoms with Crippen molar-refractivity contribution in [2.75, 3.05) is 13.7 Å². The Hall–Kier alpha value is -2.93. The predicted molar refractivity (Wildman–Crippen MR) is 124 cm³/mol. The highest BCUT2D eigenvalue weighted by molar-refractivity contribution is 9.10. The van der Waals surface area contributed by atoms with Crippen LogP contribution in [0.15, 0.2) is 63.4 Å². The number of benzene rings is 2. The quantitative estimate of drug-likeness (QED) is 0.379. The molecule has 0 saturated heterocycles. The summed E-state index contributed by atoms with van der Waals surface area (Å²) in [5.41, 5.74) is 0.682. The largest absolute Gasteiger partial charge is 0.493 e. The van der Waals surface area contributed by atoms with Crippen molar-refractivity contribution in [3.8, 4) is 11.5 Å². The maximum absolute atomic E-state index is 13.3. The number of halogens is 1. The van der Waals surface area contributed by atoms with Gasteiger partial charge in [0.2, 0.25) is 0 Å². The second-order valence-electron chi connectivity index (χ2n) is 7.69. The van der Waals surface area contributed by atoms with E-state index in [0.717, 1.165) is 4.47 Å². The maximum atomic E-state index is 13.3. The first kappa shape index (κ1) is 21.8. The molecular weight excluding hydrogens is 446 g/mol. The normalized spacial score (nSPS) is 11.8. The second-order valence-corrected chi connectivity index (χ2v) is 8.60. The molecule has 0 aliphatic rings. The van der Waals surface area contributed by atoms with Crippen molar-refractivity contribution in [1.29, 1.82) is 0 Å². The van der Waals surface area contributed by atoms with Gasteiger partial charge in [0.05, 0.1) is 24.2 Å². The van der Waals surface area contributed by atoms with E-state index in [-0.39, 0.29) is 5.56 Å². The molecule has 0 aliphatic carbocycles. The van der Waals surface area contributed by atoms with E-state index in [1.807, 2.05) is 45.0 Å². The van der Waals surface area contributed by atoms with Crippen LogP contribution in [0.1, 0.15) is 32.2 Å². The number of ether oxygens (including phenoxy) is 2. The molecule has 0 fully saturated rings. The van der Waals surface area contributed by atoms with Crippen LogP contribution >= 0.6 is 15.9 Å². The van der Waals surface area contributed by atoms with Crippen molar-refractivity contribution >= 4 is 33.0 Å². The van der Waals surface area contributed by atoms with E-state index < -0.39 is 5.41 Å². The number of hydrogen-bond donors (Lipinski definition) is 0. The standard InChI is InChI=1S/C23H24BrN3O3/c1-6-12-30-20-15(8-7-9-19(20)29-5)14-25-27-21(28)17-13-16(24)10-11-18(17)26-22(27)23(2,3)4/h6-11,13-14H,1,12H2,2-5H3. The third-order valence-electron chi connectivity index (χ3n) is 4.37. The summed E-state index contributed by atoms with van der Waals surface area (Å²) < 4.78 is 13.3. The Labute approximate surface area is 184 Å². The van der Waals surface area contributed by atoms with Crippen molar-refractivity contribution in [1.82, 2.24) is 9.66 Å². The molecule has 1 heterocycles. The molecular formula is C23H24BrN3O3. The van der Waals surface area contributed by atoms with Crippen LogP contribution in [0, 0.1) is 0 Å². The van der Waals surface area contributed by atoms with Crippen molar-refractivity contribution in [2.24, 2.45) is 5.10 Å². The zero-order chi connectivity index (χ0) is 21.9. The second kappa shape index (κ2) is 8.83. The molecule has 0 atom stereocenters. The molecule has 156 valence electrons. The zero-order valence-electron chi connectivity index (χ0n) is 17.5. The summed E-state index contributed by atoms with van der Waals surface area (Å²) in [7, 11) is 1.57. The van der Waals surface area contributed by atoms with E-state index in [4.69, 9.17) is 14.5 Å². The van der Waals surface area contributed by atoms with Gasteiger partial charge in [-0.15, -0.1) is 0 Å². The number of fused-ring (bicyclic) bond motifs is 1. The molecule has 3 aromatic rings. The maximum Gasteiger partial charge on any atom is 0.282 e. The zero-order valence-corrected chi connectivity index (χ0v) is 19.1. The summed E-state index contributed by atoms with van der Waals surface area (Å²) in [6, 6.07) is 10.9. The van der Waals surface area contributed by atoms with Gasteiger partial charge >= 0.3 is 0 Å². The molecule has 0 saturated carbocycles. The molecule has 0 radical (unpaired) electrons. The van der Waals surface area contributed by atoms with Gasteiger partial charge in [-0.05, 0) is 30.3 Å². The van der Waals surface area contributed by atoms with Gasteiger partial charge in [0.15, 0.2) is 11.5 Å². The fraction of sp³-hybridized carbons (Fsp3) is 0.261. The van der Waals surface area contributed by atoms with Gasteiger partial charge in [-0.2, -0.15) is 9.78 Å². The van der Waals surface area contributed by atoms with Crippen LogP contribution < -0.4 is 15.0 Å². The van der Waals surface area contributed by atoms with Crippen molar-refractivity contribution in [2.45, 2.75) is 26.2 Å². The Kier molecular flexibility index (Phi) is 6.41. The highest BCUT2D eigenvalue weighted by Gasteiger charge is 2.23. The minimum absolute atomic E-state index is 0.237. The van der Waals surface area contributed by atoms with Gasteiger partial charge in [0, 0.05) is 15.5 Å². The summed E-state index contributed by atoms with van der Waals surface area (Å²) >= 11 is 3.42. The van der Waals surface area contributed by atoms with E-state index in [2.05, 4.69) is 27.6 Å². The summed E-state index contributed by atoms with van der Waals surface area (Å²) in [5.74, 6) is 1.67. The third-order valence-corrected chi connectivity index (χ3v) is 4.86. The molecule has 2 aromatic carbocycles. The van der Waals surface area contributed by atoms with Gasteiger partial charge in [0.25, 0.3) is 5.56 Å². The van der Waals surface area contributed by atoms with Crippen LogP contribution in [0.5, 0.6) is 11.5 Å². The molecule has 0 N–H and O–H groups in total. The van der Waals surface area contributed by atoms with Crippen LogP contribution in [0.2, 0.25) is 0 Å². The molecule has 0 spiro atoms. The highest BCUT2D eigenvalue weighted by Crippen LogP contribution is 2.30. The van der Waals surface area contributed by atoms with Crippen molar-refractivity contribution in [3.05, 3.63) is 75.3 Å². The molecule has 1 aromatic heterocycles. The topological polar surface area (TPSA) is 65.7 Å². The Morgan fingerprint density at radius 2 is 2.03 bits per heavy atom. The molecule has 30 heavy (non-hydrogen) atoms. The highest BCUT2D eigenvalue weighted by atomic mass is 79.9. The van der Waals surface area contributed by atoms with Crippen molar-refractivity contribution in [3.63, 3.8) is 0 Å². The minimum atomic E-state index is -0.395. The number of rotatable bonds is 6. The molecule has 0 amide bonds. The van der Waals surface area contributed by atoms with Gasteiger partial charge in [-0.3, -0.25) is 4.79 Å². The number of hydrogen-bond acceptors (Lipinski definition) is 5. The lowest BCUT2D eigenvalue weighted by Crippen LogP contribution is -2.29. The van der Waals surface area contributed by atoms with Crippen LogP contribution in [-0.2, 0) is 5.41 Å². The molecule has 0 bridgehead atoms. The average molecular weight is 470 g/mol. The van der Waals surface area contributed by atoms with Gasteiger partial charge in [-0.1, -0.05) is 55.4 Å². The number of nitrogens with zero attached hydrogens (tertiary/aromatic N) is 3. The van der Waals surface area contributed by atoms with E-state index in [0.29, 0.717) is 40.4 Å². The number of para-hydroxylation sites is 1. The third kappa shape index (κ3) is 4.46. The Balaban J connectivity index is 2.20. The monoisotopic (exact) mass is 469 g/mol. The smallest absolute Gasteiger partial charge is 0.282 e. The minimum Gasteiger partial charge on any atom is -0.493 e. The molecule has 7 heteroatoms. The first-order valence-corrected chi connectivity index (χ1v) is 10.2. The Morgan fingerprint density at radius 1 is 1.27 bits per heavy atom. The van der Waals surface area contributed by atoms with Gasteiger partial charge in [0.1, 0.15) is 12.4 Å². The summed E-state index contributed by atoms with van der Waals surface area (Å²) in [6.07, 6.45) is 3.24. The summed E-state index contributed by atoms with van der Waals surface area (Å²) in [5, 5.41) is 5.00. The predicted octanol–water partition coefficient (Wildman–Crippen LogP) is 4.91. The Morgan fingerprint density at radius 3 is 2.70 bits per heavy atom. The van der Waals surface area contributed by atoms with Crippen LogP contribution in [0.3, 0.4) is 0 Å². The summed E-state index contributed by atoms with van der Waals surface area (Å²) in [6.45, 7) is 9.99. The van der Waals surface area contributed by atoms with Crippen LogP contribution in [-0.4, -0.2) is 29.6 Å². The first-order valence-electron chi connectivity index (χ1n) is 9.44.